The Morgan fingerprint density at radius 1 is 1.35 bits per heavy atom. The van der Waals surface area contributed by atoms with E-state index in [2.05, 4.69) is 47.7 Å². The molecule has 2 aromatic heterocycles. The van der Waals surface area contributed by atoms with Gasteiger partial charge in [-0.1, -0.05) is 0 Å². The van der Waals surface area contributed by atoms with Crippen LogP contribution in [0.1, 0.15) is 30.8 Å². The number of aryl methyl sites for hydroxylation is 1. The van der Waals surface area contributed by atoms with Gasteiger partial charge in [0, 0.05) is 23.2 Å². The van der Waals surface area contributed by atoms with Crippen molar-refractivity contribution in [1.29, 1.82) is 0 Å². The van der Waals surface area contributed by atoms with Crippen LogP contribution < -0.4 is 0 Å². The Bertz CT molecular complexity index is 582. The zero-order valence-electron chi connectivity index (χ0n) is 10.8. The van der Waals surface area contributed by atoms with Gasteiger partial charge in [0.1, 0.15) is 12.0 Å². The number of hydrogen-bond acceptors (Lipinski definition) is 3. The molecule has 1 N–H and O–H groups in total. The van der Waals surface area contributed by atoms with Crippen molar-refractivity contribution < 1.29 is 0 Å². The third kappa shape index (κ3) is 1.47. The van der Waals surface area contributed by atoms with Crippen molar-refractivity contribution in [2.24, 2.45) is 0 Å². The Morgan fingerprint density at radius 2 is 2.12 bits per heavy atom. The fraction of sp³-hybridized carbons (Fsp3) is 0.538. The molecule has 0 amide bonds. The van der Waals surface area contributed by atoms with Crippen LogP contribution in [0.15, 0.2) is 6.33 Å². The predicted octanol–water partition coefficient (Wildman–Crippen LogP) is 2.03. The van der Waals surface area contributed by atoms with Crippen molar-refractivity contribution in [3.8, 4) is 0 Å². The summed E-state index contributed by atoms with van der Waals surface area (Å²) in [7, 11) is 2.17. The summed E-state index contributed by atoms with van der Waals surface area (Å²) in [6.07, 6.45) is 2.68. The van der Waals surface area contributed by atoms with Gasteiger partial charge in [-0.3, -0.25) is 4.90 Å². The first-order valence-electron chi connectivity index (χ1n) is 6.01. The Labute approximate surface area is 101 Å². The fourth-order valence-corrected chi connectivity index (χ4v) is 2.65. The summed E-state index contributed by atoms with van der Waals surface area (Å²) < 4.78 is 0. The number of nitrogens with one attached hydrogen (secondary N) is 1. The maximum Gasteiger partial charge on any atom is 0.141 e. The van der Waals surface area contributed by atoms with E-state index >= 15 is 0 Å². The van der Waals surface area contributed by atoms with E-state index < -0.39 is 0 Å². The first-order valence-corrected chi connectivity index (χ1v) is 6.01. The topological polar surface area (TPSA) is 44.8 Å². The second-order valence-electron chi connectivity index (χ2n) is 5.61. The number of H-pyrrole nitrogens is 1. The van der Waals surface area contributed by atoms with E-state index in [0.29, 0.717) is 0 Å². The second-order valence-corrected chi connectivity index (χ2v) is 5.61. The molecular weight excluding hydrogens is 212 g/mol. The number of fused-ring (bicyclic) bond motifs is 3. The maximum absolute atomic E-state index is 4.33. The molecule has 0 unspecified atom stereocenters. The summed E-state index contributed by atoms with van der Waals surface area (Å²) in [4.78, 5) is 14.5. The molecule has 0 atom stereocenters. The van der Waals surface area contributed by atoms with E-state index in [1.54, 1.807) is 6.33 Å². The lowest BCUT2D eigenvalue weighted by Gasteiger charge is -2.39. The molecule has 1 aliphatic heterocycles. The Balaban J connectivity index is 2.26. The predicted molar refractivity (Wildman–Crippen MR) is 67.9 cm³/mol. The molecule has 0 radical (unpaired) electrons. The number of nitrogens with zero attached hydrogens (tertiary/aromatic N) is 3. The van der Waals surface area contributed by atoms with E-state index in [9.17, 15) is 0 Å². The monoisotopic (exact) mass is 230 g/mol. The molecule has 0 saturated carbocycles. The number of aromatic nitrogens is 3. The van der Waals surface area contributed by atoms with Gasteiger partial charge in [0.2, 0.25) is 0 Å². The molecule has 2 aromatic rings. The van der Waals surface area contributed by atoms with Gasteiger partial charge in [-0.2, -0.15) is 0 Å². The Kier molecular flexibility index (Phi) is 2.08. The lowest BCUT2D eigenvalue weighted by molar-refractivity contribution is 0.132. The molecule has 0 aromatic carbocycles. The SMILES string of the molecule is Cc1ncnc2[nH]c3c(c12)CC(C)(C)N(C)C3. The molecule has 90 valence electrons. The number of likely N-dealkylation sites (N-methyl/N-ethyl adjacent to an activating group) is 1. The fourth-order valence-electron chi connectivity index (χ4n) is 2.65. The van der Waals surface area contributed by atoms with Crippen molar-refractivity contribution in [3.05, 3.63) is 23.3 Å². The standard InChI is InChI=1S/C13H18N4/c1-8-11-9-5-13(2,3)17(4)6-10(9)16-12(11)15-7-14-8/h7H,5-6H2,1-4H3,(H,14,15,16). The van der Waals surface area contributed by atoms with Crippen molar-refractivity contribution >= 4 is 11.0 Å². The lowest BCUT2D eigenvalue weighted by atomic mass is 9.88. The summed E-state index contributed by atoms with van der Waals surface area (Å²) in [5.41, 5.74) is 4.96. The summed E-state index contributed by atoms with van der Waals surface area (Å²) >= 11 is 0. The molecule has 17 heavy (non-hydrogen) atoms. The van der Waals surface area contributed by atoms with Gasteiger partial charge in [-0.25, -0.2) is 9.97 Å². The summed E-state index contributed by atoms with van der Waals surface area (Å²) in [6.45, 7) is 7.59. The van der Waals surface area contributed by atoms with Crippen molar-refractivity contribution in [2.45, 2.75) is 39.3 Å². The molecular formula is C13H18N4. The van der Waals surface area contributed by atoms with Gasteiger partial charge in [-0.15, -0.1) is 0 Å². The molecule has 0 spiro atoms. The summed E-state index contributed by atoms with van der Waals surface area (Å²) in [5.74, 6) is 0. The van der Waals surface area contributed by atoms with E-state index in [1.165, 1.54) is 16.6 Å². The van der Waals surface area contributed by atoms with Crippen LogP contribution in [0.25, 0.3) is 11.0 Å². The van der Waals surface area contributed by atoms with Crippen LogP contribution in [0.2, 0.25) is 0 Å². The highest BCUT2D eigenvalue weighted by molar-refractivity contribution is 5.83. The number of aromatic amines is 1. The number of rotatable bonds is 0. The van der Waals surface area contributed by atoms with Gasteiger partial charge < -0.3 is 4.98 Å². The second kappa shape index (κ2) is 3.29. The van der Waals surface area contributed by atoms with Crippen LogP contribution in [0.5, 0.6) is 0 Å². The van der Waals surface area contributed by atoms with Crippen LogP contribution in [0.4, 0.5) is 0 Å². The van der Waals surface area contributed by atoms with Gasteiger partial charge in [0.05, 0.1) is 5.69 Å². The summed E-state index contributed by atoms with van der Waals surface area (Å²) in [6, 6.07) is 0. The Morgan fingerprint density at radius 3 is 2.88 bits per heavy atom. The smallest absolute Gasteiger partial charge is 0.141 e. The molecule has 0 saturated heterocycles. The maximum atomic E-state index is 4.33. The van der Waals surface area contributed by atoms with Gasteiger partial charge in [-0.05, 0) is 39.8 Å². The third-order valence-corrected chi connectivity index (χ3v) is 4.01. The van der Waals surface area contributed by atoms with Crippen LogP contribution in [-0.4, -0.2) is 32.4 Å². The lowest BCUT2D eigenvalue weighted by Crippen LogP contribution is -2.45. The molecule has 1 aliphatic rings. The first kappa shape index (κ1) is 10.7. The molecule has 3 rings (SSSR count). The van der Waals surface area contributed by atoms with Gasteiger partial charge >= 0.3 is 0 Å². The van der Waals surface area contributed by atoms with Crippen LogP contribution in [0, 0.1) is 6.92 Å². The third-order valence-electron chi connectivity index (χ3n) is 4.01. The van der Waals surface area contributed by atoms with E-state index in [-0.39, 0.29) is 5.54 Å². The van der Waals surface area contributed by atoms with Crippen molar-refractivity contribution in [1.82, 2.24) is 19.9 Å². The minimum absolute atomic E-state index is 0.199. The highest BCUT2D eigenvalue weighted by Gasteiger charge is 2.32. The molecule has 3 heterocycles. The normalized spacial score (nSPS) is 19.5. The van der Waals surface area contributed by atoms with Crippen LogP contribution in [-0.2, 0) is 13.0 Å². The van der Waals surface area contributed by atoms with Gasteiger partial charge in [0.15, 0.2) is 0 Å². The van der Waals surface area contributed by atoms with E-state index in [4.69, 9.17) is 0 Å². The van der Waals surface area contributed by atoms with Crippen molar-refractivity contribution in [2.75, 3.05) is 7.05 Å². The average Bonchev–Trinajstić information content (AvgIpc) is 2.57. The highest BCUT2D eigenvalue weighted by Crippen LogP contribution is 2.34. The average molecular weight is 230 g/mol. The quantitative estimate of drug-likeness (QED) is 0.753. The zero-order valence-corrected chi connectivity index (χ0v) is 10.8. The molecule has 0 aliphatic carbocycles. The summed E-state index contributed by atoms with van der Waals surface area (Å²) in [5, 5.41) is 1.23. The first-order chi connectivity index (χ1) is 7.99. The Hall–Kier alpha value is -1.42. The molecule has 4 nitrogen and oxygen atoms in total. The van der Waals surface area contributed by atoms with E-state index in [1.807, 2.05) is 0 Å². The largest absolute Gasteiger partial charge is 0.342 e. The molecule has 4 heteroatoms. The molecule has 0 fully saturated rings. The van der Waals surface area contributed by atoms with Crippen molar-refractivity contribution in [3.63, 3.8) is 0 Å². The zero-order chi connectivity index (χ0) is 12.2. The minimum atomic E-state index is 0.199. The number of hydrogen-bond donors (Lipinski definition) is 1. The van der Waals surface area contributed by atoms with Crippen LogP contribution >= 0.6 is 0 Å². The van der Waals surface area contributed by atoms with Gasteiger partial charge in [0.25, 0.3) is 0 Å². The minimum Gasteiger partial charge on any atom is -0.342 e. The highest BCUT2D eigenvalue weighted by atomic mass is 15.2. The molecule has 0 bridgehead atoms. The van der Waals surface area contributed by atoms with Crippen LogP contribution in [0.3, 0.4) is 0 Å². The van der Waals surface area contributed by atoms with E-state index in [0.717, 1.165) is 24.3 Å².